The molecule has 0 atom stereocenters. The number of carboxylic acid groups (broad SMARTS) is 1. The van der Waals surface area contributed by atoms with E-state index in [0.717, 1.165) is 48.5 Å². The molecule has 1 saturated carbocycles. The summed E-state index contributed by atoms with van der Waals surface area (Å²) in [6.07, 6.45) is 4.36. The van der Waals surface area contributed by atoms with Gasteiger partial charge in [-0.25, -0.2) is 4.79 Å². The lowest BCUT2D eigenvalue weighted by atomic mass is 9.82. The minimum absolute atomic E-state index is 0.206. The molecule has 3 aromatic rings. The standard InChI is InChI=1S/C26H29ClN2O3/c1-18-25(21-5-3-2-4-6-21)26(22-11-13-23(27)14-12-22)28-29(18)15-19-7-9-20(10-8-19)16-32-17-24(30)31/h2-6,11-14,19-20H,7-10,15-17H2,1H3,(H,30,31)/t19-,20+. The van der Waals surface area contributed by atoms with Crippen LogP contribution in [0.4, 0.5) is 0 Å². The highest BCUT2D eigenvalue weighted by molar-refractivity contribution is 6.30. The van der Waals surface area contributed by atoms with E-state index < -0.39 is 5.97 Å². The maximum absolute atomic E-state index is 10.6. The van der Waals surface area contributed by atoms with Gasteiger partial charge in [-0.2, -0.15) is 5.10 Å². The molecule has 32 heavy (non-hydrogen) atoms. The predicted octanol–water partition coefficient (Wildman–Crippen LogP) is 6.09. The van der Waals surface area contributed by atoms with Gasteiger partial charge in [0.05, 0.1) is 6.61 Å². The Morgan fingerprint density at radius 3 is 2.34 bits per heavy atom. The van der Waals surface area contributed by atoms with Crippen LogP contribution in [0.5, 0.6) is 0 Å². The number of aliphatic carboxylic acids is 1. The van der Waals surface area contributed by atoms with Gasteiger partial charge in [0.2, 0.25) is 0 Å². The van der Waals surface area contributed by atoms with Crippen LogP contribution >= 0.6 is 11.6 Å². The van der Waals surface area contributed by atoms with Crippen LogP contribution in [0.3, 0.4) is 0 Å². The summed E-state index contributed by atoms with van der Waals surface area (Å²) in [6, 6.07) is 18.3. The number of hydrogen-bond donors (Lipinski definition) is 1. The van der Waals surface area contributed by atoms with Gasteiger partial charge < -0.3 is 9.84 Å². The van der Waals surface area contributed by atoms with E-state index in [9.17, 15) is 4.79 Å². The molecule has 1 aromatic heterocycles. The minimum atomic E-state index is -0.904. The minimum Gasteiger partial charge on any atom is -0.480 e. The first kappa shape index (κ1) is 22.6. The fourth-order valence-corrected chi connectivity index (χ4v) is 4.75. The molecule has 1 aliphatic carbocycles. The van der Waals surface area contributed by atoms with Crippen molar-refractivity contribution in [2.24, 2.45) is 11.8 Å². The van der Waals surface area contributed by atoms with E-state index in [0.29, 0.717) is 18.4 Å². The third-order valence-electron chi connectivity index (χ3n) is 6.36. The zero-order valence-corrected chi connectivity index (χ0v) is 19.1. The van der Waals surface area contributed by atoms with E-state index in [2.05, 4.69) is 35.9 Å². The summed E-state index contributed by atoms with van der Waals surface area (Å²) in [7, 11) is 0. The van der Waals surface area contributed by atoms with Gasteiger partial charge in [0.1, 0.15) is 12.3 Å². The number of ether oxygens (including phenoxy) is 1. The molecule has 0 spiro atoms. The average Bonchev–Trinajstić information content (AvgIpc) is 3.11. The summed E-state index contributed by atoms with van der Waals surface area (Å²) in [6.45, 7) is 3.38. The molecule has 6 heteroatoms. The Labute approximate surface area is 194 Å². The van der Waals surface area contributed by atoms with E-state index in [1.54, 1.807) is 0 Å². The molecule has 0 saturated heterocycles. The number of aromatic nitrogens is 2. The first-order valence-corrected chi connectivity index (χ1v) is 11.6. The molecule has 0 amide bonds. The summed E-state index contributed by atoms with van der Waals surface area (Å²) in [5.41, 5.74) is 5.56. The van der Waals surface area contributed by atoms with Crippen LogP contribution < -0.4 is 0 Å². The molecule has 2 aromatic carbocycles. The number of carboxylic acids is 1. The van der Waals surface area contributed by atoms with Crippen LogP contribution in [0.1, 0.15) is 31.4 Å². The Kier molecular flexibility index (Phi) is 7.28. The van der Waals surface area contributed by atoms with Crippen molar-refractivity contribution in [3.8, 4) is 22.4 Å². The molecular weight excluding hydrogens is 424 g/mol. The third-order valence-corrected chi connectivity index (χ3v) is 6.62. The van der Waals surface area contributed by atoms with Crippen LogP contribution in [-0.4, -0.2) is 34.1 Å². The van der Waals surface area contributed by atoms with Crippen molar-refractivity contribution in [1.82, 2.24) is 9.78 Å². The Morgan fingerprint density at radius 1 is 1.03 bits per heavy atom. The number of rotatable bonds is 8. The van der Waals surface area contributed by atoms with Crippen LogP contribution in [-0.2, 0) is 16.1 Å². The second-order valence-corrected chi connectivity index (χ2v) is 9.10. The molecular formula is C26H29ClN2O3. The summed E-state index contributed by atoms with van der Waals surface area (Å²) < 4.78 is 7.47. The van der Waals surface area contributed by atoms with E-state index >= 15 is 0 Å². The van der Waals surface area contributed by atoms with Crippen LogP contribution in [0.15, 0.2) is 54.6 Å². The van der Waals surface area contributed by atoms with E-state index in [1.165, 1.54) is 16.8 Å². The molecule has 0 bridgehead atoms. The van der Waals surface area contributed by atoms with Gasteiger partial charge in [-0.05, 0) is 62.1 Å². The lowest BCUT2D eigenvalue weighted by molar-refractivity contribution is -0.142. The van der Waals surface area contributed by atoms with E-state index in [-0.39, 0.29) is 6.61 Å². The molecule has 1 aliphatic rings. The Bertz CT molecular complexity index is 1040. The van der Waals surface area contributed by atoms with Crippen molar-refractivity contribution in [3.63, 3.8) is 0 Å². The topological polar surface area (TPSA) is 64.4 Å². The first-order valence-electron chi connectivity index (χ1n) is 11.2. The third kappa shape index (κ3) is 5.40. The van der Waals surface area contributed by atoms with Crippen LogP contribution in [0, 0.1) is 18.8 Å². The van der Waals surface area contributed by atoms with Gasteiger partial charge in [0.15, 0.2) is 0 Å². The maximum atomic E-state index is 10.6. The molecule has 0 radical (unpaired) electrons. The number of nitrogens with zero attached hydrogens (tertiary/aromatic N) is 2. The second kappa shape index (κ2) is 10.3. The predicted molar refractivity (Wildman–Crippen MR) is 127 cm³/mol. The van der Waals surface area contributed by atoms with Crippen LogP contribution in [0.25, 0.3) is 22.4 Å². The van der Waals surface area contributed by atoms with E-state index in [4.69, 9.17) is 26.5 Å². The lowest BCUT2D eigenvalue weighted by Gasteiger charge is -2.28. The Hall–Kier alpha value is -2.63. The largest absolute Gasteiger partial charge is 0.480 e. The van der Waals surface area contributed by atoms with Crippen LogP contribution in [0.2, 0.25) is 5.02 Å². The normalized spacial score (nSPS) is 18.6. The number of halogens is 1. The van der Waals surface area contributed by atoms with Gasteiger partial charge in [-0.3, -0.25) is 4.68 Å². The summed E-state index contributed by atoms with van der Waals surface area (Å²) in [5, 5.41) is 14.5. The maximum Gasteiger partial charge on any atom is 0.329 e. The average molecular weight is 453 g/mol. The van der Waals surface area contributed by atoms with Crippen molar-refractivity contribution < 1.29 is 14.6 Å². The fraction of sp³-hybridized carbons (Fsp3) is 0.385. The highest BCUT2D eigenvalue weighted by Gasteiger charge is 2.24. The van der Waals surface area contributed by atoms with Crippen molar-refractivity contribution in [2.75, 3.05) is 13.2 Å². The number of carbonyl (C=O) groups is 1. The zero-order chi connectivity index (χ0) is 22.5. The van der Waals surface area contributed by atoms with Gasteiger partial charge in [0, 0.05) is 28.4 Å². The second-order valence-electron chi connectivity index (χ2n) is 8.66. The number of hydrogen-bond acceptors (Lipinski definition) is 3. The highest BCUT2D eigenvalue weighted by Crippen LogP contribution is 2.36. The van der Waals surface area contributed by atoms with Gasteiger partial charge >= 0.3 is 5.97 Å². The van der Waals surface area contributed by atoms with Crippen molar-refractivity contribution in [2.45, 2.75) is 39.2 Å². The Balaban J connectivity index is 1.51. The smallest absolute Gasteiger partial charge is 0.329 e. The zero-order valence-electron chi connectivity index (χ0n) is 18.3. The molecule has 168 valence electrons. The van der Waals surface area contributed by atoms with Gasteiger partial charge in [-0.1, -0.05) is 54.1 Å². The SMILES string of the molecule is Cc1c(-c2ccccc2)c(-c2ccc(Cl)cc2)nn1C[C@H]1CC[C@@H](COCC(=O)O)CC1. The van der Waals surface area contributed by atoms with Crippen molar-refractivity contribution in [3.05, 3.63) is 65.3 Å². The first-order chi connectivity index (χ1) is 15.5. The highest BCUT2D eigenvalue weighted by atomic mass is 35.5. The summed E-state index contributed by atoms with van der Waals surface area (Å²) in [5.74, 6) is 0.110. The molecule has 4 rings (SSSR count). The van der Waals surface area contributed by atoms with Gasteiger partial charge in [0.25, 0.3) is 0 Å². The van der Waals surface area contributed by atoms with E-state index in [1.807, 2.05) is 30.3 Å². The molecule has 0 unspecified atom stereocenters. The molecule has 1 heterocycles. The molecule has 1 N–H and O–H groups in total. The lowest BCUT2D eigenvalue weighted by Crippen LogP contribution is -2.23. The fourth-order valence-electron chi connectivity index (χ4n) is 4.62. The number of benzene rings is 2. The summed E-state index contributed by atoms with van der Waals surface area (Å²) in [4.78, 5) is 10.6. The van der Waals surface area contributed by atoms with Crippen molar-refractivity contribution >= 4 is 17.6 Å². The molecule has 1 fully saturated rings. The van der Waals surface area contributed by atoms with Gasteiger partial charge in [-0.15, -0.1) is 0 Å². The summed E-state index contributed by atoms with van der Waals surface area (Å²) >= 11 is 6.12. The molecule has 5 nitrogen and oxygen atoms in total. The quantitative estimate of drug-likeness (QED) is 0.449. The molecule has 0 aliphatic heterocycles. The van der Waals surface area contributed by atoms with Crippen molar-refractivity contribution in [1.29, 1.82) is 0 Å². The Morgan fingerprint density at radius 2 is 1.69 bits per heavy atom. The monoisotopic (exact) mass is 452 g/mol.